The normalized spacial score (nSPS) is 10.3. The fourth-order valence-electron chi connectivity index (χ4n) is 0.828. The van der Waals surface area contributed by atoms with Crippen LogP contribution in [0.2, 0.25) is 10.3 Å². The molecule has 0 bridgehead atoms. The highest BCUT2D eigenvalue weighted by Crippen LogP contribution is 2.19. The lowest BCUT2D eigenvalue weighted by molar-refractivity contribution is 1.15. The standard InChI is InChI=1S/C7H3Cl2N3S/c8-5-1-6(9)12-7(11-5)4-2-13-3-10-4/h1-3H. The predicted molar refractivity (Wildman–Crippen MR) is 53.2 cm³/mol. The Bertz CT molecular complexity index is 395. The average Bonchev–Trinajstić information content (AvgIpc) is 2.53. The third kappa shape index (κ3) is 1.96. The monoisotopic (exact) mass is 231 g/mol. The molecule has 0 aliphatic heterocycles. The molecule has 6 heteroatoms. The summed E-state index contributed by atoms with van der Waals surface area (Å²) in [5.41, 5.74) is 2.39. The number of thiazole rings is 1. The van der Waals surface area contributed by atoms with Crippen LogP contribution in [0.15, 0.2) is 17.0 Å². The van der Waals surface area contributed by atoms with Crippen LogP contribution in [-0.2, 0) is 0 Å². The Morgan fingerprint density at radius 2 is 1.85 bits per heavy atom. The number of aromatic nitrogens is 3. The summed E-state index contributed by atoms with van der Waals surface area (Å²) in [6.07, 6.45) is 0. The van der Waals surface area contributed by atoms with E-state index in [2.05, 4.69) is 15.0 Å². The highest BCUT2D eigenvalue weighted by Gasteiger charge is 2.05. The maximum atomic E-state index is 5.71. The summed E-state index contributed by atoms with van der Waals surface area (Å²) >= 11 is 12.9. The summed E-state index contributed by atoms with van der Waals surface area (Å²) in [4.78, 5) is 12.0. The molecule has 2 heterocycles. The highest BCUT2D eigenvalue weighted by atomic mass is 35.5. The van der Waals surface area contributed by atoms with Crippen molar-refractivity contribution in [1.29, 1.82) is 0 Å². The molecule has 0 aliphatic rings. The average molecular weight is 232 g/mol. The van der Waals surface area contributed by atoms with Crippen LogP contribution < -0.4 is 0 Å². The zero-order chi connectivity index (χ0) is 9.26. The number of rotatable bonds is 1. The van der Waals surface area contributed by atoms with Gasteiger partial charge in [-0.3, -0.25) is 0 Å². The van der Waals surface area contributed by atoms with Gasteiger partial charge in [-0.1, -0.05) is 23.2 Å². The predicted octanol–water partition coefficient (Wildman–Crippen LogP) is 2.91. The molecule has 2 aromatic rings. The Kier molecular flexibility index (Phi) is 2.44. The lowest BCUT2D eigenvalue weighted by Gasteiger charge is -1.96. The molecular formula is C7H3Cl2N3S. The Morgan fingerprint density at radius 1 is 1.15 bits per heavy atom. The van der Waals surface area contributed by atoms with Gasteiger partial charge in [0.2, 0.25) is 0 Å². The van der Waals surface area contributed by atoms with E-state index in [4.69, 9.17) is 23.2 Å². The fraction of sp³-hybridized carbons (Fsp3) is 0. The molecule has 0 N–H and O–H groups in total. The van der Waals surface area contributed by atoms with Gasteiger partial charge in [-0.15, -0.1) is 11.3 Å². The van der Waals surface area contributed by atoms with Crippen LogP contribution in [0.3, 0.4) is 0 Å². The van der Waals surface area contributed by atoms with E-state index in [-0.39, 0.29) is 0 Å². The molecule has 0 saturated carbocycles. The number of hydrogen-bond donors (Lipinski definition) is 0. The van der Waals surface area contributed by atoms with Crippen molar-refractivity contribution in [3.8, 4) is 11.5 Å². The second-order valence-electron chi connectivity index (χ2n) is 2.21. The minimum absolute atomic E-state index is 0.322. The van der Waals surface area contributed by atoms with Crippen LogP contribution in [0.25, 0.3) is 11.5 Å². The van der Waals surface area contributed by atoms with Crippen LogP contribution in [0.4, 0.5) is 0 Å². The minimum Gasteiger partial charge on any atom is -0.241 e. The van der Waals surface area contributed by atoms with Gasteiger partial charge in [-0.25, -0.2) is 15.0 Å². The first-order chi connectivity index (χ1) is 6.25. The van der Waals surface area contributed by atoms with Crippen LogP contribution in [0.5, 0.6) is 0 Å². The van der Waals surface area contributed by atoms with E-state index in [9.17, 15) is 0 Å². The van der Waals surface area contributed by atoms with Gasteiger partial charge >= 0.3 is 0 Å². The molecule has 0 radical (unpaired) electrons. The van der Waals surface area contributed by atoms with Crippen LogP contribution in [0, 0.1) is 0 Å². The Balaban J connectivity index is 2.53. The Labute approximate surface area is 88.4 Å². The summed E-state index contributed by atoms with van der Waals surface area (Å²) in [6.45, 7) is 0. The van der Waals surface area contributed by atoms with Gasteiger partial charge in [0, 0.05) is 11.4 Å². The molecule has 0 fully saturated rings. The summed E-state index contributed by atoms with van der Waals surface area (Å²) < 4.78 is 0. The van der Waals surface area contributed by atoms with E-state index in [1.54, 1.807) is 5.51 Å². The van der Waals surface area contributed by atoms with Gasteiger partial charge in [0.1, 0.15) is 16.0 Å². The molecule has 0 amide bonds. The van der Waals surface area contributed by atoms with Gasteiger partial charge in [0.05, 0.1) is 5.51 Å². The van der Waals surface area contributed by atoms with Gasteiger partial charge in [0.25, 0.3) is 0 Å². The second-order valence-corrected chi connectivity index (χ2v) is 3.70. The van der Waals surface area contributed by atoms with Crippen molar-refractivity contribution in [1.82, 2.24) is 15.0 Å². The van der Waals surface area contributed by atoms with Crippen molar-refractivity contribution in [2.24, 2.45) is 0 Å². The maximum absolute atomic E-state index is 5.71. The third-order valence-corrected chi connectivity index (χ3v) is 2.30. The lowest BCUT2D eigenvalue weighted by Crippen LogP contribution is -1.89. The topological polar surface area (TPSA) is 38.7 Å². The molecule has 2 aromatic heterocycles. The first kappa shape index (κ1) is 8.87. The summed E-state index contributed by atoms with van der Waals surface area (Å²) in [5.74, 6) is 0.457. The van der Waals surface area contributed by atoms with Crippen molar-refractivity contribution >= 4 is 34.5 Å². The second kappa shape index (κ2) is 3.57. The molecule has 3 nitrogen and oxygen atoms in total. The molecular weight excluding hydrogens is 229 g/mol. The summed E-state index contributed by atoms with van der Waals surface area (Å²) in [5, 5.41) is 2.48. The van der Waals surface area contributed by atoms with Gasteiger partial charge in [-0.2, -0.15) is 0 Å². The smallest absolute Gasteiger partial charge is 0.181 e. The molecule has 0 aliphatic carbocycles. The van der Waals surface area contributed by atoms with E-state index in [0.29, 0.717) is 21.8 Å². The highest BCUT2D eigenvalue weighted by molar-refractivity contribution is 7.07. The number of hydrogen-bond acceptors (Lipinski definition) is 4. The molecule has 0 saturated heterocycles. The van der Waals surface area contributed by atoms with E-state index < -0.39 is 0 Å². The third-order valence-electron chi connectivity index (χ3n) is 1.33. The zero-order valence-electron chi connectivity index (χ0n) is 6.24. The molecule has 0 atom stereocenters. The molecule has 0 spiro atoms. The number of nitrogens with zero attached hydrogens (tertiary/aromatic N) is 3. The molecule has 2 rings (SSSR count). The van der Waals surface area contributed by atoms with Gasteiger partial charge < -0.3 is 0 Å². The number of halogens is 2. The Morgan fingerprint density at radius 3 is 2.38 bits per heavy atom. The first-order valence-corrected chi connectivity index (χ1v) is 5.04. The summed E-state index contributed by atoms with van der Waals surface area (Å²) in [7, 11) is 0. The van der Waals surface area contributed by atoms with Gasteiger partial charge in [0.15, 0.2) is 5.82 Å². The quantitative estimate of drug-likeness (QED) is 0.709. The van der Waals surface area contributed by atoms with Crippen LogP contribution in [0.1, 0.15) is 0 Å². The van der Waals surface area contributed by atoms with E-state index in [0.717, 1.165) is 0 Å². The first-order valence-electron chi connectivity index (χ1n) is 3.34. The van der Waals surface area contributed by atoms with Crippen molar-refractivity contribution in [3.63, 3.8) is 0 Å². The fourth-order valence-corrected chi connectivity index (χ4v) is 1.78. The van der Waals surface area contributed by atoms with E-state index in [1.807, 2.05) is 5.38 Å². The largest absolute Gasteiger partial charge is 0.241 e. The van der Waals surface area contributed by atoms with Crippen molar-refractivity contribution < 1.29 is 0 Å². The van der Waals surface area contributed by atoms with Crippen molar-refractivity contribution in [2.45, 2.75) is 0 Å². The lowest BCUT2D eigenvalue weighted by atomic mass is 10.4. The van der Waals surface area contributed by atoms with Gasteiger partial charge in [-0.05, 0) is 0 Å². The van der Waals surface area contributed by atoms with E-state index >= 15 is 0 Å². The molecule has 66 valence electrons. The van der Waals surface area contributed by atoms with Crippen molar-refractivity contribution in [3.05, 3.63) is 27.3 Å². The molecule has 13 heavy (non-hydrogen) atoms. The maximum Gasteiger partial charge on any atom is 0.181 e. The molecule has 0 unspecified atom stereocenters. The van der Waals surface area contributed by atoms with Crippen LogP contribution in [-0.4, -0.2) is 15.0 Å². The van der Waals surface area contributed by atoms with Crippen LogP contribution >= 0.6 is 34.5 Å². The zero-order valence-corrected chi connectivity index (χ0v) is 8.57. The minimum atomic E-state index is 0.322. The molecule has 0 aromatic carbocycles. The van der Waals surface area contributed by atoms with Crippen molar-refractivity contribution in [2.75, 3.05) is 0 Å². The van der Waals surface area contributed by atoms with E-state index in [1.165, 1.54) is 17.4 Å². The summed E-state index contributed by atoms with van der Waals surface area (Å²) in [6, 6.07) is 1.49. The Hall–Kier alpha value is -0.710. The SMILES string of the molecule is Clc1cc(Cl)nc(-c2cscn2)n1.